The second-order valence-electron chi connectivity index (χ2n) is 15.9. The highest BCUT2D eigenvalue weighted by Gasteiger charge is 2.78. The molecule has 226 valence electrons. The summed E-state index contributed by atoms with van der Waals surface area (Å²) in [5.41, 5.74) is 9.63. The lowest BCUT2D eigenvalue weighted by Crippen LogP contribution is -2.81. The lowest BCUT2D eigenvalue weighted by Gasteiger charge is -2.69. The first-order valence-corrected chi connectivity index (χ1v) is 17.5. The number of piperidine rings is 2. The molecule has 0 radical (unpaired) electrons. The minimum atomic E-state index is 0.0661. The van der Waals surface area contributed by atoms with Crippen molar-refractivity contribution in [2.45, 2.75) is 80.1 Å². The second-order valence-corrected chi connectivity index (χ2v) is 15.9. The average Bonchev–Trinajstić information content (AvgIpc) is 3.81. The number of allylic oxidation sites excluding steroid dienone is 1. The Bertz CT molecular complexity index is 1690. The molecule has 6 heteroatoms. The molecule has 2 spiro atoms. The Hall–Kier alpha value is -2.64. The molecule has 2 aromatic carbocycles. The van der Waals surface area contributed by atoms with Crippen molar-refractivity contribution in [1.82, 2.24) is 9.80 Å². The summed E-state index contributed by atoms with van der Waals surface area (Å²) in [6.45, 7) is 6.94. The number of para-hydroxylation sites is 2. The Morgan fingerprint density at radius 1 is 0.773 bits per heavy atom. The van der Waals surface area contributed by atoms with Gasteiger partial charge in [0.2, 0.25) is 0 Å². The molecule has 1 N–H and O–H groups in total. The van der Waals surface area contributed by atoms with Crippen molar-refractivity contribution in [2.75, 3.05) is 42.6 Å². The van der Waals surface area contributed by atoms with Gasteiger partial charge in [-0.15, -0.1) is 0 Å². The van der Waals surface area contributed by atoms with Gasteiger partial charge in [-0.1, -0.05) is 59.7 Å². The van der Waals surface area contributed by atoms with E-state index < -0.39 is 0 Å². The molecule has 10 aliphatic rings. The Morgan fingerprint density at radius 2 is 1.30 bits per heavy atom. The zero-order chi connectivity index (χ0) is 28.7. The molecule has 2 aliphatic carbocycles. The number of hydrogen-bond acceptors (Lipinski definition) is 6. The van der Waals surface area contributed by atoms with Crippen LogP contribution in [0.15, 0.2) is 71.8 Å². The predicted octanol–water partition coefficient (Wildman–Crippen LogP) is 4.25. The molecule has 8 fully saturated rings. The Morgan fingerprint density at radius 3 is 1.84 bits per heavy atom. The zero-order valence-corrected chi connectivity index (χ0v) is 25.6. The molecule has 0 amide bonds. The fourth-order valence-corrected chi connectivity index (χ4v) is 14.2. The van der Waals surface area contributed by atoms with E-state index in [9.17, 15) is 5.11 Å². The topological polar surface area (TPSA) is 42.4 Å². The van der Waals surface area contributed by atoms with Crippen molar-refractivity contribution < 1.29 is 9.84 Å². The lowest BCUT2D eigenvalue weighted by molar-refractivity contribution is -0.198. The molecule has 2 saturated carbocycles. The van der Waals surface area contributed by atoms with Crippen molar-refractivity contribution in [2.24, 2.45) is 23.7 Å². The SMILES string of the molecule is CC=C1CN2CCC34c5ccccc5N5C6OC(C(C1CC23)C54)N1c2ccccc2C23CCN4CC(=CCO)C(CC42)C6C13. The standard InChI is InChI=1S/C38H42N4O2/c1-2-21-19-39-14-12-37-25-7-3-5-9-27(25)41-33(37)31(23(21)17-29(37)39)35-42-28-10-6-4-8-26(28)38-13-15-40-20-22(11-16-43)24(18-30(38)40)32(34(38)42)36(41)44-35/h2-11,23-24,29-36,43H,12-20H2,1H3. The molecular weight excluding hydrogens is 544 g/mol. The van der Waals surface area contributed by atoms with Crippen LogP contribution in [-0.4, -0.2) is 84.3 Å². The van der Waals surface area contributed by atoms with E-state index in [0.717, 1.165) is 19.6 Å². The van der Waals surface area contributed by atoms with Crippen molar-refractivity contribution in [1.29, 1.82) is 0 Å². The van der Waals surface area contributed by atoms with Gasteiger partial charge in [-0.05, 0) is 80.8 Å². The number of benzene rings is 2. The zero-order valence-electron chi connectivity index (χ0n) is 25.6. The van der Waals surface area contributed by atoms with Crippen molar-refractivity contribution in [3.63, 3.8) is 0 Å². The summed E-state index contributed by atoms with van der Waals surface area (Å²) >= 11 is 0. The highest BCUT2D eigenvalue weighted by Crippen LogP contribution is 2.72. The van der Waals surface area contributed by atoms with Gasteiger partial charge < -0.3 is 19.6 Å². The Labute approximate surface area is 259 Å². The van der Waals surface area contributed by atoms with Crippen LogP contribution in [0.2, 0.25) is 0 Å². The summed E-state index contributed by atoms with van der Waals surface area (Å²) in [6, 6.07) is 21.2. The number of hydrogen-bond donors (Lipinski definition) is 1. The van der Waals surface area contributed by atoms with Gasteiger partial charge in [-0.2, -0.15) is 0 Å². The number of ether oxygens (including phenoxy) is 1. The number of rotatable bonds is 1. The van der Waals surface area contributed by atoms with E-state index in [2.05, 4.69) is 87.2 Å². The minimum absolute atomic E-state index is 0.0661. The van der Waals surface area contributed by atoms with Crippen LogP contribution in [0.25, 0.3) is 0 Å². The summed E-state index contributed by atoms with van der Waals surface area (Å²) in [7, 11) is 0. The fraction of sp³-hybridized carbons (Fsp3) is 0.579. The summed E-state index contributed by atoms with van der Waals surface area (Å²) < 4.78 is 7.75. The third-order valence-corrected chi connectivity index (χ3v) is 15.3. The molecule has 0 aromatic heterocycles. The van der Waals surface area contributed by atoms with Crippen LogP contribution >= 0.6 is 0 Å². The number of fused-ring (bicyclic) bond motifs is 14. The molecule has 6 nitrogen and oxygen atoms in total. The average molecular weight is 587 g/mol. The van der Waals surface area contributed by atoms with Crippen LogP contribution in [0.3, 0.4) is 0 Å². The number of nitrogens with zero attached hydrogens (tertiary/aromatic N) is 4. The molecule has 12 unspecified atom stereocenters. The molecule has 44 heavy (non-hydrogen) atoms. The van der Waals surface area contributed by atoms with Crippen molar-refractivity contribution >= 4 is 11.4 Å². The molecule has 12 rings (SSSR count). The largest absolute Gasteiger partial charge is 0.392 e. The molecule has 6 saturated heterocycles. The maximum absolute atomic E-state index is 10.3. The van der Waals surface area contributed by atoms with Gasteiger partial charge in [0.15, 0.2) is 0 Å². The molecular formula is C38H42N4O2. The molecule has 8 aliphatic heterocycles. The first kappa shape index (κ1) is 24.6. The quantitative estimate of drug-likeness (QED) is 0.505. The number of aliphatic hydroxyl groups excluding tert-OH is 1. The normalized spacial score (nSPS) is 49.8. The summed E-state index contributed by atoms with van der Waals surface area (Å²) in [4.78, 5) is 11.5. The monoisotopic (exact) mass is 586 g/mol. The number of aliphatic hydroxyl groups is 1. The summed E-state index contributed by atoms with van der Waals surface area (Å²) in [6.07, 6.45) is 9.77. The van der Waals surface area contributed by atoms with Gasteiger partial charge >= 0.3 is 0 Å². The van der Waals surface area contributed by atoms with Crippen LogP contribution < -0.4 is 9.80 Å². The van der Waals surface area contributed by atoms with Gasteiger partial charge in [0.25, 0.3) is 0 Å². The smallest absolute Gasteiger partial charge is 0.138 e. The van der Waals surface area contributed by atoms with E-state index in [0.29, 0.717) is 47.8 Å². The molecule has 8 heterocycles. The molecule has 2 aromatic rings. The van der Waals surface area contributed by atoms with Crippen LogP contribution in [0.1, 0.15) is 43.7 Å². The van der Waals surface area contributed by atoms with E-state index in [-0.39, 0.29) is 29.9 Å². The van der Waals surface area contributed by atoms with Gasteiger partial charge in [-0.3, -0.25) is 9.80 Å². The Balaban J connectivity index is 1.15. The highest BCUT2D eigenvalue weighted by atomic mass is 16.5. The lowest BCUT2D eigenvalue weighted by atomic mass is 9.51. The van der Waals surface area contributed by atoms with E-state index in [4.69, 9.17) is 4.74 Å². The van der Waals surface area contributed by atoms with E-state index in [1.807, 2.05) is 0 Å². The first-order valence-electron chi connectivity index (χ1n) is 17.5. The first-order chi connectivity index (χ1) is 21.7. The van der Waals surface area contributed by atoms with Gasteiger partial charge in [0, 0.05) is 59.2 Å². The maximum Gasteiger partial charge on any atom is 0.138 e. The maximum atomic E-state index is 10.3. The van der Waals surface area contributed by atoms with E-state index in [1.54, 1.807) is 16.7 Å². The molecule has 12 atom stereocenters. The van der Waals surface area contributed by atoms with Crippen LogP contribution in [0.4, 0.5) is 11.4 Å². The summed E-state index contributed by atoms with van der Waals surface area (Å²) in [5, 5.41) is 10.3. The van der Waals surface area contributed by atoms with Crippen molar-refractivity contribution in [3.8, 4) is 0 Å². The van der Waals surface area contributed by atoms with Gasteiger partial charge in [0.05, 0.1) is 18.7 Å². The Kier molecular flexibility index (Phi) is 4.37. The molecule has 6 bridgehead atoms. The third-order valence-electron chi connectivity index (χ3n) is 15.3. The number of anilines is 2. The minimum Gasteiger partial charge on any atom is -0.392 e. The predicted molar refractivity (Wildman–Crippen MR) is 170 cm³/mol. The highest BCUT2D eigenvalue weighted by molar-refractivity contribution is 5.73. The van der Waals surface area contributed by atoms with E-state index in [1.165, 1.54) is 49.2 Å². The fourth-order valence-electron chi connectivity index (χ4n) is 14.2. The van der Waals surface area contributed by atoms with Crippen molar-refractivity contribution in [3.05, 3.63) is 83.0 Å². The van der Waals surface area contributed by atoms with Crippen LogP contribution in [-0.2, 0) is 15.6 Å². The third kappa shape index (κ3) is 2.37. The van der Waals surface area contributed by atoms with Crippen LogP contribution in [0.5, 0.6) is 0 Å². The van der Waals surface area contributed by atoms with Crippen LogP contribution in [0, 0.1) is 23.7 Å². The van der Waals surface area contributed by atoms with E-state index >= 15 is 0 Å². The summed E-state index contributed by atoms with van der Waals surface area (Å²) in [5.74, 6) is 1.82. The van der Waals surface area contributed by atoms with Gasteiger partial charge in [-0.25, -0.2) is 0 Å². The second kappa shape index (κ2) is 7.83. The van der Waals surface area contributed by atoms with Gasteiger partial charge in [0.1, 0.15) is 12.5 Å².